The van der Waals surface area contributed by atoms with Gasteiger partial charge in [0.15, 0.2) is 12.4 Å². The molecule has 105 heavy (non-hydrogen) atoms. The van der Waals surface area contributed by atoms with Gasteiger partial charge in [0.1, 0.15) is 13.2 Å². The summed E-state index contributed by atoms with van der Waals surface area (Å²) in [7, 11) is 5.95. The molecule has 9 nitrogen and oxygen atoms in total. The largest absolute Gasteiger partial charge is 0.545 e. The van der Waals surface area contributed by atoms with Gasteiger partial charge in [0.25, 0.3) is 0 Å². The fourth-order valence-corrected chi connectivity index (χ4v) is 13.2. The second kappa shape index (κ2) is 85.6. The van der Waals surface area contributed by atoms with E-state index in [1.165, 1.54) is 289 Å². The lowest BCUT2D eigenvalue weighted by Gasteiger charge is -2.26. The van der Waals surface area contributed by atoms with Gasteiger partial charge in [-0.25, -0.2) is 0 Å². The van der Waals surface area contributed by atoms with Crippen LogP contribution in [-0.4, -0.2) is 82.3 Å². The number of nitrogens with zero attached hydrogens (tertiary/aromatic N) is 1. The Kier molecular flexibility index (Phi) is 82.3. The average molecular weight is 1470 g/mol. The van der Waals surface area contributed by atoms with E-state index in [4.69, 9.17) is 18.9 Å². The molecule has 0 aromatic carbocycles. The highest BCUT2D eigenvalue weighted by molar-refractivity contribution is 5.70. The highest BCUT2D eigenvalue weighted by atomic mass is 16.7. The Balaban J connectivity index is 3.96. The average Bonchev–Trinajstić information content (AvgIpc) is 1.97. The molecule has 0 fully saturated rings. The first-order valence-electron chi connectivity index (χ1n) is 45.0. The van der Waals surface area contributed by atoms with Crippen molar-refractivity contribution in [2.24, 2.45) is 0 Å². The van der Waals surface area contributed by atoms with Crippen LogP contribution in [0, 0.1) is 0 Å². The van der Waals surface area contributed by atoms with Crippen LogP contribution in [0.25, 0.3) is 0 Å². The molecule has 0 aromatic rings. The highest BCUT2D eigenvalue weighted by Crippen LogP contribution is 2.20. The normalized spacial score (nSPS) is 13.1. The molecule has 0 saturated carbocycles. The van der Waals surface area contributed by atoms with Crippen molar-refractivity contribution < 1.29 is 42.9 Å². The minimum absolute atomic E-state index is 0.145. The van der Waals surface area contributed by atoms with Gasteiger partial charge in [-0.15, -0.1) is 0 Å². The van der Waals surface area contributed by atoms with Gasteiger partial charge in [0.2, 0.25) is 0 Å². The zero-order valence-electron chi connectivity index (χ0n) is 69.8. The van der Waals surface area contributed by atoms with E-state index in [1.54, 1.807) is 0 Å². The lowest BCUT2D eigenvalue weighted by molar-refractivity contribution is -0.870. The number of allylic oxidation sites excluding steroid dienone is 18. The second-order valence-corrected chi connectivity index (χ2v) is 31.5. The van der Waals surface area contributed by atoms with Crippen LogP contribution in [0.4, 0.5) is 0 Å². The van der Waals surface area contributed by atoms with Crippen molar-refractivity contribution in [1.29, 1.82) is 0 Å². The van der Waals surface area contributed by atoms with E-state index >= 15 is 0 Å². The van der Waals surface area contributed by atoms with Gasteiger partial charge < -0.3 is 33.3 Å². The highest BCUT2D eigenvalue weighted by Gasteiger charge is 2.22. The van der Waals surface area contributed by atoms with Crippen molar-refractivity contribution in [3.8, 4) is 0 Å². The Morgan fingerprint density at radius 2 is 0.543 bits per heavy atom. The number of unbranched alkanes of at least 4 members (excludes halogenated alkanes) is 51. The van der Waals surface area contributed by atoms with Gasteiger partial charge in [-0.2, -0.15) is 0 Å². The number of rotatable bonds is 84. The fourth-order valence-electron chi connectivity index (χ4n) is 13.2. The minimum atomic E-state index is -1.63. The van der Waals surface area contributed by atoms with Crippen LogP contribution in [0.1, 0.15) is 425 Å². The summed E-state index contributed by atoms with van der Waals surface area (Å²) >= 11 is 0. The molecule has 2 atom stereocenters. The van der Waals surface area contributed by atoms with E-state index in [0.717, 1.165) is 103 Å². The molecular formula is C96H171NO8. The van der Waals surface area contributed by atoms with Crippen LogP contribution < -0.4 is 5.11 Å². The third-order valence-corrected chi connectivity index (χ3v) is 20.0. The molecule has 608 valence electrons. The fraction of sp³-hybridized carbons (Fsp3) is 0.781. The van der Waals surface area contributed by atoms with Crippen molar-refractivity contribution in [2.45, 2.75) is 437 Å². The number of quaternary nitrogens is 1. The summed E-state index contributed by atoms with van der Waals surface area (Å²) < 4.78 is 22.9. The van der Waals surface area contributed by atoms with E-state index < -0.39 is 24.3 Å². The maximum atomic E-state index is 13.0. The molecule has 0 N–H and O–H groups in total. The van der Waals surface area contributed by atoms with Crippen LogP contribution in [0.3, 0.4) is 0 Å². The molecule has 0 amide bonds. The van der Waals surface area contributed by atoms with Crippen LogP contribution in [-0.2, 0) is 33.3 Å². The Bertz CT molecular complexity index is 2110. The molecule has 2 unspecified atom stereocenters. The van der Waals surface area contributed by atoms with Gasteiger partial charge in [0.05, 0.1) is 40.3 Å². The summed E-state index contributed by atoms with van der Waals surface area (Å²) in [6.07, 6.45) is 118. The number of ether oxygens (including phenoxy) is 4. The SMILES string of the molecule is CC/C=C\C/C=C\C/C=C\C/C=C\C/C=C\C/C=C\C/C=C\C/C=C\C/C=C\CCCCCCCCCCCCCC(=O)OC(COC(=O)CCCCCCCCCCCCCCCCCCCCCCCCCCCCCCCCCCCCCCCCCCC)COC(OCC[N+](C)(C)C)C(=O)[O-]. The lowest BCUT2D eigenvalue weighted by atomic mass is 10.0. The van der Waals surface area contributed by atoms with E-state index in [0.29, 0.717) is 23.9 Å². The first-order chi connectivity index (χ1) is 51.6. The Hall–Kier alpha value is -4.05. The van der Waals surface area contributed by atoms with Crippen LogP contribution in [0.15, 0.2) is 109 Å². The van der Waals surface area contributed by atoms with Crippen LogP contribution in [0.2, 0.25) is 0 Å². The van der Waals surface area contributed by atoms with E-state index in [1.807, 2.05) is 21.1 Å². The number of hydrogen-bond donors (Lipinski definition) is 0. The third kappa shape index (κ3) is 87.1. The van der Waals surface area contributed by atoms with Crippen LogP contribution >= 0.6 is 0 Å². The van der Waals surface area contributed by atoms with Gasteiger partial charge in [-0.1, -0.05) is 438 Å². The predicted octanol–water partition coefficient (Wildman–Crippen LogP) is 28.3. The predicted molar refractivity (Wildman–Crippen MR) is 454 cm³/mol. The molecule has 0 bridgehead atoms. The number of esters is 2. The number of aliphatic carboxylic acids is 1. The minimum Gasteiger partial charge on any atom is -0.545 e. The van der Waals surface area contributed by atoms with Gasteiger partial charge in [0, 0.05) is 12.8 Å². The van der Waals surface area contributed by atoms with Gasteiger partial charge in [-0.3, -0.25) is 9.59 Å². The Labute approximate surface area is 651 Å². The maximum Gasteiger partial charge on any atom is 0.306 e. The Morgan fingerprint density at radius 3 is 0.810 bits per heavy atom. The third-order valence-electron chi connectivity index (χ3n) is 20.0. The molecule has 0 heterocycles. The van der Waals surface area contributed by atoms with Gasteiger partial charge >= 0.3 is 11.9 Å². The summed E-state index contributed by atoms with van der Waals surface area (Å²) in [6.45, 7) is 4.69. The zero-order chi connectivity index (χ0) is 76.0. The van der Waals surface area contributed by atoms with Crippen molar-refractivity contribution in [3.63, 3.8) is 0 Å². The number of hydrogen-bond acceptors (Lipinski definition) is 8. The summed E-state index contributed by atoms with van der Waals surface area (Å²) in [6, 6.07) is 0. The molecule has 0 aliphatic carbocycles. The van der Waals surface area contributed by atoms with Crippen molar-refractivity contribution in [2.75, 3.05) is 47.5 Å². The van der Waals surface area contributed by atoms with E-state index in [-0.39, 0.29) is 32.2 Å². The molecular weight excluding hydrogens is 1300 g/mol. The molecule has 0 aromatic heterocycles. The first-order valence-corrected chi connectivity index (χ1v) is 45.0. The first kappa shape index (κ1) is 101. The number of carboxylic acids is 1. The maximum absolute atomic E-state index is 13.0. The molecule has 0 saturated heterocycles. The number of likely N-dealkylation sites (N-methyl/N-ethyl adjacent to an activating group) is 1. The smallest absolute Gasteiger partial charge is 0.306 e. The van der Waals surface area contributed by atoms with E-state index in [2.05, 4.69) is 123 Å². The number of carboxylic acid groups (broad SMARTS) is 1. The molecule has 0 aliphatic rings. The van der Waals surface area contributed by atoms with Crippen LogP contribution in [0.5, 0.6) is 0 Å². The summed E-state index contributed by atoms with van der Waals surface area (Å²) in [4.78, 5) is 37.7. The summed E-state index contributed by atoms with van der Waals surface area (Å²) in [5.74, 6) is -2.27. The second-order valence-electron chi connectivity index (χ2n) is 31.5. The molecule has 9 heteroatoms. The number of carbonyl (C=O) groups excluding carboxylic acids is 3. The molecule has 0 rings (SSSR count). The van der Waals surface area contributed by atoms with Crippen molar-refractivity contribution in [3.05, 3.63) is 109 Å². The number of carbonyl (C=O) groups is 3. The summed E-state index contributed by atoms with van der Waals surface area (Å²) in [5, 5.41) is 11.9. The van der Waals surface area contributed by atoms with Crippen molar-refractivity contribution in [1.82, 2.24) is 0 Å². The van der Waals surface area contributed by atoms with Crippen molar-refractivity contribution >= 4 is 17.9 Å². The van der Waals surface area contributed by atoms with E-state index in [9.17, 15) is 19.5 Å². The molecule has 0 spiro atoms. The standard InChI is InChI=1S/C96H171NO8/c1-6-8-10-12-14-16-18-20-22-24-26-28-30-32-34-36-38-40-42-44-46-47-49-50-52-54-56-58-60-62-64-66-68-70-72-74-76-78-80-82-84-86-93(98)103-90-92(91-104-96(95(100)101)102-89-88-97(3,4)5)105-94(99)87-85-83-81-79-77-75-73-71-69-67-65-63-61-59-57-55-53-51-48-45-43-41-39-37-35-33-31-29-27-25-23-21-19-17-15-13-11-9-7-2/h9,11,15,17,21,23,27,29,33,35,39,41,45,48,53,55,59,61,92,96H,6-8,10,12-14,16,18-20,22,24-26,28,30-32,34,36-38,40,42-44,46-47,49-52,54,56-58,60,62-91H2,1-5H3/b11-9-,17-15-,23-21-,29-27-,35-33-,41-39-,48-45-,55-53-,61-59-. The topological polar surface area (TPSA) is 111 Å². The monoisotopic (exact) mass is 1470 g/mol. The molecule has 0 radical (unpaired) electrons. The molecule has 0 aliphatic heterocycles. The quantitative estimate of drug-likeness (QED) is 0.0195. The zero-order valence-corrected chi connectivity index (χ0v) is 69.8. The van der Waals surface area contributed by atoms with Gasteiger partial charge in [-0.05, 0) is 83.5 Å². The Morgan fingerprint density at radius 1 is 0.295 bits per heavy atom. The summed E-state index contributed by atoms with van der Waals surface area (Å²) in [5.41, 5.74) is 0. The lowest BCUT2D eigenvalue weighted by Crippen LogP contribution is -2.44.